The smallest absolute Gasteiger partial charge is 0.140 e. The van der Waals surface area contributed by atoms with Crippen LogP contribution in [0, 0.1) is 0 Å². The van der Waals surface area contributed by atoms with E-state index < -0.39 is 0 Å². The molecule has 0 spiro atoms. The Balaban J connectivity index is 1.59. The van der Waals surface area contributed by atoms with E-state index >= 15 is 0 Å². The van der Waals surface area contributed by atoms with Crippen LogP contribution in [0.2, 0.25) is 0 Å². The molecule has 0 saturated heterocycles. The Morgan fingerprint density at radius 2 is 2.00 bits per heavy atom. The summed E-state index contributed by atoms with van der Waals surface area (Å²) in [4.78, 5) is 2.24. The lowest BCUT2D eigenvalue weighted by Gasteiger charge is -2.29. The van der Waals surface area contributed by atoms with Gasteiger partial charge in [-0.15, -0.1) is 0 Å². The van der Waals surface area contributed by atoms with Gasteiger partial charge in [-0.25, -0.2) is 0 Å². The van der Waals surface area contributed by atoms with Crippen LogP contribution in [0.25, 0.3) is 0 Å². The van der Waals surface area contributed by atoms with E-state index in [9.17, 15) is 0 Å². The van der Waals surface area contributed by atoms with E-state index in [1.54, 1.807) is 6.26 Å². The molecule has 1 aromatic heterocycles. The first-order valence-corrected chi connectivity index (χ1v) is 7.83. The third-order valence-electron chi connectivity index (χ3n) is 4.62. The third-order valence-corrected chi connectivity index (χ3v) is 4.62. The second kappa shape index (κ2) is 5.23. The second-order valence-corrected chi connectivity index (χ2v) is 6.24. The van der Waals surface area contributed by atoms with E-state index in [-0.39, 0.29) is 6.10 Å². The van der Waals surface area contributed by atoms with Gasteiger partial charge in [0.15, 0.2) is 0 Å². The molecule has 2 aliphatic rings. The third kappa shape index (κ3) is 2.46. The van der Waals surface area contributed by atoms with Crippen LogP contribution in [0.15, 0.2) is 34.9 Å². The maximum atomic E-state index is 6.27. The van der Waals surface area contributed by atoms with E-state index in [0.717, 1.165) is 24.6 Å². The van der Waals surface area contributed by atoms with Gasteiger partial charge in [0, 0.05) is 12.1 Å². The van der Waals surface area contributed by atoms with E-state index in [1.165, 1.54) is 42.4 Å². The molecule has 3 nitrogen and oxygen atoms in total. The summed E-state index contributed by atoms with van der Waals surface area (Å²) in [7, 11) is 2.11. The summed E-state index contributed by atoms with van der Waals surface area (Å²) in [5.41, 5.74) is 4.17. The number of likely N-dealkylation sites (N-methyl/N-ethyl adjacent to an activating group) is 1. The van der Waals surface area contributed by atoms with Crippen LogP contribution in [-0.4, -0.2) is 18.5 Å². The molecule has 0 amide bonds. The molecule has 0 radical (unpaired) electrons. The highest BCUT2D eigenvalue weighted by Gasteiger charge is 2.27. The maximum absolute atomic E-state index is 6.27. The number of ether oxygens (including phenoxy) is 1. The molecule has 1 atom stereocenters. The first-order chi connectivity index (χ1) is 10.3. The number of nitrogens with zero attached hydrogens (tertiary/aromatic N) is 1. The molecule has 110 valence electrons. The average Bonchev–Trinajstić information content (AvgIpc) is 2.95. The molecule has 1 unspecified atom stereocenters. The molecule has 0 saturated carbocycles. The molecule has 3 heteroatoms. The summed E-state index contributed by atoms with van der Waals surface area (Å²) in [6.07, 6.45) is 6.86. The number of rotatable bonds is 2. The van der Waals surface area contributed by atoms with Crippen LogP contribution in [0.3, 0.4) is 0 Å². The number of furan rings is 1. The molecule has 0 fully saturated rings. The van der Waals surface area contributed by atoms with E-state index in [0.29, 0.717) is 0 Å². The van der Waals surface area contributed by atoms with Crippen molar-refractivity contribution in [2.24, 2.45) is 0 Å². The van der Waals surface area contributed by atoms with Crippen LogP contribution in [-0.2, 0) is 19.4 Å². The molecule has 0 N–H and O–H groups in total. The monoisotopic (exact) mass is 283 g/mol. The Morgan fingerprint density at radius 3 is 2.90 bits per heavy atom. The van der Waals surface area contributed by atoms with Crippen LogP contribution in [0.5, 0.6) is 5.75 Å². The van der Waals surface area contributed by atoms with Crippen molar-refractivity contribution in [3.63, 3.8) is 0 Å². The largest absolute Gasteiger partial charge is 0.484 e. The Hall–Kier alpha value is -1.74. The zero-order valence-electron chi connectivity index (χ0n) is 12.5. The maximum Gasteiger partial charge on any atom is 0.140 e. The number of hydrogen-bond acceptors (Lipinski definition) is 3. The fourth-order valence-electron chi connectivity index (χ4n) is 3.51. The molecule has 21 heavy (non-hydrogen) atoms. The van der Waals surface area contributed by atoms with E-state index in [4.69, 9.17) is 9.15 Å². The fraction of sp³-hybridized carbons (Fsp3) is 0.444. The fourth-order valence-corrected chi connectivity index (χ4v) is 3.51. The second-order valence-electron chi connectivity index (χ2n) is 6.24. The van der Waals surface area contributed by atoms with Gasteiger partial charge >= 0.3 is 0 Å². The zero-order valence-corrected chi connectivity index (χ0v) is 12.5. The van der Waals surface area contributed by atoms with Gasteiger partial charge in [-0.3, -0.25) is 4.90 Å². The molecule has 4 rings (SSSR count). The number of hydrogen-bond donors (Lipinski definition) is 0. The van der Waals surface area contributed by atoms with Crippen molar-refractivity contribution in [1.82, 2.24) is 4.90 Å². The Bertz CT molecular complexity index is 646. The van der Waals surface area contributed by atoms with E-state index in [2.05, 4.69) is 30.1 Å². The molecule has 2 aromatic rings. The Labute approximate surface area is 125 Å². The molecule has 1 aliphatic carbocycles. The van der Waals surface area contributed by atoms with Crippen molar-refractivity contribution in [2.45, 2.75) is 38.3 Å². The standard InChI is InChI=1S/C18H21NO2/c1-19-11-17-16(8-9-20-17)18(12-19)21-15-7-6-13-4-2-3-5-14(13)10-15/h6-10,18H,2-5,11-12H2,1H3. The summed E-state index contributed by atoms with van der Waals surface area (Å²) in [5, 5.41) is 0. The minimum Gasteiger partial charge on any atom is -0.484 e. The topological polar surface area (TPSA) is 25.6 Å². The Kier molecular flexibility index (Phi) is 3.23. The number of aryl methyl sites for hydroxylation is 2. The van der Waals surface area contributed by atoms with Crippen molar-refractivity contribution in [2.75, 3.05) is 13.6 Å². The van der Waals surface area contributed by atoms with Crippen LogP contribution in [0.1, 0.15) is 41.4 Å². The summed E-state index contributed by atoms with van der Waals surface area (Å²) < 4.78 is 11.8. The zero-order chi connectivity index (χ0) is 14.2. The van der Waals surface area contributed by atoms with Gasteiger partial charge in [0.25, 0.3) is 0 Å². The number of fused-ring (bicyclic) bond motifs is 2. The van der Waals surface area contributed by atoms with Gasteiger partial charge in [-0.05, 0) is 62.1 Å². The summed E-state index contributed by atoms with van der Waals surface area (Å²) in [6, 6.07) is 8.65. The van der Waals surface area contributed by atoms with Gasteiger partial charge in [0.2, 0.25) is 0 Å². The SMILES string of the molecule is CN1Cc2occc2C(Oc2ccc3c(c2)CCCC3)C1. The molecule has 1 aromatic carbocycles. The minimum absolute atomic E-state index is 0.0686. The highest BCUT2D eigenvalue weighted by Crippen LogP contribution is 2.32. The summed E-state index contributed by atoms with van der Waals surface area (Å²) >= 11 is 0. The normalized spacial score (nSPS) is 21.7. The molecule has 2 heterocycles. The predicted molar refractivity (Wildman–Crippen MR) is 81.5 cm³/mol. The van der Waals surface area contributed by atoms with Crippen molar-refractivity contribution < 1.29 is 9.15 Å². The molecule has 1 aliphatic heterocycles. The lowest BCUT2D eigenvalue weighted by Crippen LogP contribution is -2.32. The van der Waals surface area contributed by atoms with Gasteiger partial charge in [-0.1, -0.05) is 6.07 Å². The van der Waals surface area contributed by atoms with Crippen LogP contribution in [0.4, 0.5) is 0 Å². The van der Waals surface area contributed by atoms with Gasteiger partial charge in [-0.2, -0.15) is 0 Å². The molecular formula is C18H21NO2. The van der Waals surface area contributed by atoms with E-state index in [1.807, 2.05) is 6.07 Å². The summed E-state index contributed by atoms with van der Waals surface area (Å²) in [5.74, 6) is 2.02. The molecular weight excluding hydrogens is 262 g/mol. The summed E-state index contributed by atoms with van der Waals surface area (Å²) in [6.45, 7) is 1.77. The van der Waals surface area contributed by atoms with Crippen LogP contribution >= 0.6 is 0 Å². The quantitative estimate of drug-likeness (QED) is 0.840. The highest BCUT2D eigenvalue weighted by atomic mass is 16.5. The van der Waals surface area contributed by atoms with Crippen molar-refractivity contribution in [1.29, 1.82) is 0 Å². The number of benzene rings is 1. The molecule has 0 bridgehead atoms. The van der Waals surface area contributed by atoms with Crippen molar-refractivity contribution in [3.8, 4) is 5.75 Å². The average molecular weight is 283 g/mol. The van der Waals surface area contributed by atoms with Gasteiger partial charge < -0.3 is 9.15 Å². The van der Waals surface area contributed by atoms with Gasteiger partial charge in [0.05, 0.1) is 12.8 Å². The minimum atomic E-state index is 0.0686. The first-order valence-electron chi connectivity index (χ1n) is 7.83. The lowest BCUT2D eigenvalue weighted by molar-refractivity contribution is 0.120. The van der Waals surface area contributed by atoms with Crippen LogP contribution < -0.4 is 4.74 Å². The Morgan fingerprint density at radius 1 is 1.14 bits per heavy atom. The van der Waals surface area contributed by atoms with Crippen molar-refractivity contribution in [3.05, 3.63) is 53.0 Å². The predicted octanol–water partition coefficient (Wildman–Crippen LogP) is 3.72. The van der Waals surface area contributed by atoms with Crippen molar-refractivity contribution >= 4 is 0 Å². The first kappa shape index (κ1) is 13.0. The lowest BCUT2D eigenvalue weighted by atomic mass is 9.92. The highest BCUT2D eigenvalue weighted by molar-refractivity contribution is 5.38. The van der Waals surface area contributed by atoms with Gasteiger partial charge in [0.1, 0.15) is 17.6 Å².